The molecule has 4 N–H and O–H groups in total. The van der Waals surface area contributed by atoms with Gasteiger partial charge in [-0.2, -0.15) is 15.0 Å². The van der Waals surface area contributed by atoms with Gasteiger partial charge in [0.25, 0.3) is 6.01 Å². The van der Waals surface area contributed by atoms with Crippen molar-refractivity contribution in [2.75, 3.05) is 12.3 Å². The van der Waals surface area contributed by atoms with Crippen molar-refractivity contribution in [1.29, 1.82) is 0 Å². The molecule has 3 aromatic rings. The van der Waals surface area contributed by atoms with Crippen molar-refractivity contribution in [3.8, 4) is 12.0 Å². The summed E-state index contributed by atoms with van der Waals surface area (Å²) in [4.78, 5) is 21.7. The summed E-state index contributed by atoms with van der Waals surface area (Å²) in [7, 11) is -2.79. The Bertz CT molecular complexity index is 959. The maximum absolute atomic E-state index is 11.3. The highest BCUT2D eigenvalue weighted by Crippen LogP contribution is 2.26. The van der Waals surface area contributed by atoms with Crippen LogP contribution in [0.15, 0.2) is 24.3 Å². The first kappa shape index (κ1) is 18.2. The van der Waals surface area contributed by atoms with Gasteiger partial charge in [-0.1, -0.05) is 25.5 Å². The predicted octanol–water partition coefficient (Wildman–Crippen LogP) is 1.43. The topological polar surface area (TPSA) is 136 Å². The van der Waals surface area contributed by atoms with Gasteiger partial charge in [0.15, 0.2) is 17.0 Å². The first-order valence-electron chi connectivity index (χ1n) is 8.17. The molecule has 2 heterocycles. The molecule has 0 radical (unpaired) electrons. The van der Waals surface area contributed by atoms with Crippen molar-refractivity contribution < 1.29 is 19.3 Å². The van der Waals surface area contributed by atoms with Crippen LogP contribution in [0.25, 0.3) is 11.2 Å². The van der Waals surface area contributed by atoms with Crippen LogP contribution < -0.4 is 15.8 Å². The van der Waals surface area contributed by atoms with Gasteiger partial charge in [-0.3, -0.25) is 9.13 Å². The monoisotopic (exact) mass is 377 g/mol. The van der Waals surface area contributed by atoms with Crippen molar-refractivity contribution in [2.45, 2.75) is 26.3 Å². The van der Waals surface area contributed by atoms with Gasteiger partial charge in [-0.25, -0.2) is 0 Å². The lowest BCUT2D eigenvalue weighted by molar-refractivity contribution is 0.286. The molecule has 0 saturated carbocycles. The first-order valence-corrected chi connectivity index (χ1v) is 9.53. The van der Waals surface area contributed by atoms with E-state index in [2.05, 4.69) is 15.0 Å². The van der Waals surface area contributed by atoms with Gasteiger partial charge in [0.1, 0.15) is 0 Å². The summed E-state index contributed by atoms with van der Waals surface area (Å²) in [6, 6.07) is 6.50. The quantitative estimate of drug-likeness (QED) is 0.415. The van der Waals surface area contributed by atoms with E-state index in [0.717, 1.165) is 18.4 Å². The standard InChI is InChI=1S/C16H20N5O4P/c1-2-3-7-25-15-19-13(17)12-14(20-15)21(16(22)18-12)9-10-5-4-6-11(8-10)26(23)24/h4-6,8,26H,2-3,7,9H2,1H3,(H,18,22)(H,23,24)(H2,17,19,20). The molecule has 3 rings (SSSR count). The molecule has 0 amide bonds. The number of ether oxygens (including phenoxy) is 1. The third-order valence-electron chi connectivity index (χ3n) is 3.82. The number of unbranched alkanes of at least 4 members (excludes halogenated alkanes) is 1. The normalized spacial score (nSPS) is 12.4. The summed E-state index contributed by atoms with van der Waals surface area (Å²) in [5.41, 5.74) is 7.24. The maximum Gasteiger partial charge on any atom is 0.320 e. The van der Waals surface area contributed by atoms with Crippen LogP contribution in [0.2, 0.25) is 0 Å². The molecule has 26 heavy (non-hydrogen) atoms. The SMILES string of the molecule is CCCCOc1nc(N)c2nc(O)n(Cc3cccc([PH](=O)O)c3)c2n1. The molecule has 0 spiro atoms. The van der Waals surface area contributed by atoms with Crippen LogP contribution in [0.5, 0.6) is 12.0 Å². The number of imidazole rings is 1. The zero-order valence-electron chi connectivity index (χ0n) is 14.2. The van der Waals surface area contributed by atoms with Gasteiger partial charge < -0.3 is 20.5 Å². The van der Waals surface area contributed by atoms with Gasteiger partial charge in [-0.15, -0.1) is 0 Å². The molecule has 0 aliphatic rings. The van der Waals surface area contributed by atoms with Crippen molar-refractivity contribution >= 4 is 30.3 Å². The van der Waals surface area contributed by atoms with E-state index in [1.54, 1.807) is 24.3 Å². The van der Waals surface area contributed by atoms with E-state index >= 15 is 0 Å². The van der Waals surface area contributed by atoms with Crippen LogP contribution in [0.3, 0.4) is 0 Å². The number of nitrogens with zero attached hydrogens (tertiary/aromatic N) is 4. The molecular weight excluding hydrogens is 357 g/mol. The lowest BCUT2D eigenvalue weighted by Crippen LogP contribution is -2.07. The molecule has 1 atom stereocenters. The fourth-order valence-corrected chi connectivity index (χ4v) is 3.04. The molecule has 0 fully saturated rings. The number of anilines is 1. The minimum Gasteiger partial charge on any atom is -0.480 e. The summed E-state index contributed by atoms with van der Waals surface area (Å²) in [6.45, 7) is 2.72. The van der Waals surface area contributed by atoms with E-state index in [-0.39, 0.29) is 29.9 Å². The molecule has 138 valence electrons. The minimum atomic E-state index is -2.79. The van der Waals surface area contributed by atoms with Gasteiger partial charge in [-0.05, 0) is 24.1 Å². The molecule has 9 nitrogen and oxygen atoms in total. The summed E-state index contributed by atoms with van der Waals surface area (Å²) in [5.74, 6) is 0.115. The van der Waals surface area contributed by atoms with Gasteiger partial charge in [0.2, 0.25) is 8.03 Å². The summed E-state index contributed by atoms with van der Waals surface area (Å²) < 4.78 is 18.3. The third-order valence-corrected chi connectivity index (χ3v) is 4.63. The van der Waals surface area contributed by atoms with Crippen LogP contribution in [0, 0.1) is 0 Å². The molecular formula is C16H20N5O4P. The smallest absolute Gasteiger partial charge is 0.320 e. The van der Waals surface area contributed by atoms with Crippen molar-refractivity contribution in [3.05, 3.63) is 29.8 Å². The van der Waals surface area contributed by atoms with Crippen molar-refractivity contribution in [2.24, 2.45) is 0 Å². The molecule has 1 unspecified atom stereocenters. The zero-order chi connectivity index (χ0) is 18.7. The highest BCUT2D eigenvalue weighted by Gasteiger charge is 2.17. The highest BCUT2D eigenvalue weighted by atomic mass is 31.1. The predicted molar refractivity (Wildman–Crippen MR) is 98.2 cm³/mol. The number of hydrogen-bond acceptors (Lipinski definition) is 7. The average molecular weight is 377 g/mol. The number of benzene rings is 1. The highest BCUT2D eigenvalue weighted by molar-refractivity contribution is 7.47. The maximum atomic E-state index is 11.3. The number of aromatic nitrogens is 4. The van der Waals surface area contributed by atoms with Crippen molar-refractivity contribution in [3.63, 3.8) is 0 Å². The summed E-state index contributed by atoms with van der Waals surface area (Å²) in [6.07, 6.45) is 1.83. The van der Waals surface area contributed by atoms with E-state index in [0.29, 0.717) is 17.6 Å². The Labute approximate surface area is 150 Å². The second-order valence-corrected chi connectivity index (χ2v) is 6.96. The van der Waals surface area contributed by atoms with Gasteiger partial charge >= 0.3 is 6.01 Å². The number of nitrogen functional groups attached to an aromatic ring is 1. The van der Waals surface area contributed by atoms with E-state index < -0.39 is 8.03 Å². The largest absolute Gasteiger partial charge is 0.480 e. The number of rotatable bonds is 7. The lowest BCUT2D eigenvalue weighted by Gasteiger charge is -2.08. The number of nitrogens with two attached hydrogens (primary N) is 1. The second-order valence-electron chi connectivity index (χ2n) is 5.77. The fraction of sp³-hybridized carbons (Fsp3) is 0.312. The lowest BCUT2D eigenvalue weighted by atomic mass is 10.2. The minimum absolute atomic E-state index is 0.115. The van der Waals surface area contributed by atoms with Gasteiger partial charge in [0, 0.05) is 5.30 Å². The summed E-state index contributed by atoms with van der Waals surface area (Å²) in [5, 5.41) is 10.5. The van der Waals surface area contributed by atoms with E-state index in [4.69, 9.17) is 10.5 Å². The molecule has 0 aliphatic carbocycles. The molecule has 0 aliphatic heterocycles. The Hall–Kier alpha value is -2.64. The van der Waals surface area contributed by atoms with E-state index in [9.17, 15) is 14.6 Å². The Morgan fingerprint density at radius 2 is 2.12 bits per heavy atom. The van der Waals surface area contributed by atoms with Crippen LogP contribution >= 0.6 is 8.03 Å². The average Bonchev–Trinajstić information content (AvgIpc) is 2.92. The Morgan fingerprint density at radius 3 is 2.85 bits per heavy atom. The molecule has 1 aromatic carbocycles. The first-order chi connectivity index (χ1) is 12.5. The van der Waals surface area contributed by atoms with Crippen LogP contribution in [0.4, 0.5) is 5.82 Å². The van der Waals surface area contributed by atoms with E-state index in [1.165, 1.54) is 4.57 Å². The van der Waals surface area contributed by atoms with Crippen molar-refractivity contribution in [1.82, 2.24) is 19.5 Å². The summed E-state index contributed by atoms with van der Waals surface area (Å²) >= 11 is 0. The second kappa shape index (κ2) is 7.72. The fourth-order valence-electron chi connectivity index (χ4n) is 2.49. The van der Waals surface area contributed by atoms with Crippen LogP contribution in [0.1, 0.15) is 25.3 Å². The Morgan fingerprint density at radius 1 is 1.31 bits per heavy atom. The van der Waals surface area contributed by atoms with Gasteiger partial charge in [0.05, 0.1) is 13.2 Å². The van der Waals surface area contributed by atoms with E-state index in [1.807, 2.05) is 6.92 Å². The van der Waals surface area contributed by atoms with Crippen LogP contribution in [-0.2, 0) is 11.1 Å². The number of aromatic hydroxyl groups is 1. The third kappa shape index (κ3) is 3.79. The molecule has 10 heteroatoms. The number of fused-ring (bicyclic) bond motifs is 1. The zero-order valence-corrected chi connectivity index (χ0v) is 15.2. The van der Waals surface area contributed by atoms with Crippen LogP contribution in [-0.4, -0.2) is 36.1 Å². The molecule has 0 saturated heterocycles. The molecule has 0 bridgehead atoms. The number of hydrogen-bond donors (Lipinski definition) is 3. The molecule has 2 aromatic heterocycles. The Balaban J connectivity index is 1.98. The Kier molecular flexibility index (Phi) is 5.39.